The summed E-state index contributed by atoms with van der Waals surface area (Å²) in [5.41, 5.74) is 2.06. The molecular weight excluding hydrogens is 392 g/mol. The molecule has 3 aromatic rings. The molecule has 0 unspecified atom stereocenters. The zero-order valence-electron chi connectivity index (χ0n) is 15.3. The molecule has 0 radical (unpaired) electrons. The minimum atomic E-state index is -3.72. The van der Waals surface area contributed by atoms with E-state index in [2.05, 4.69) is 5.32 Å². The van der Waals surface area contributed by atoms with Crippen molar-refractivity contribution in [3.63, 3.8) is 0 Å². The lowest BCUT2D eigenvalue weighted by Crippen LogP contribution is -2.30. The molecule has 0 saturated carbocycles. The summed E-state index contributed by atoms with van der Waals surface area (Å²) in [5.74, 6) is -0.292. The first kappa shape index (κ1) is 18.7. The van der Waals surface area contributed by atoms with E-state index in [1.807, 2.05) is 48.7 Å². The fourth-order valence-electron chi connectivity index (χ4n) is 3.37. The Morgan fingerprint density at radius 1 is 1.11 bits per heavy atom. The van der Waals surface area contributed by atoms with E-state index in [0.29, 0.717) is 24.2 Å². The summed E-state index contributed by atoms with van der Waals surface area (Å²) in [6.07, 6.45) is 0.688. The van der Waals surface area contributed by atoms with Crippen LogP contribution in [-0.2, 0) is 16.4 Å². The van der Waals surface area contributed by atoms with Crippen molar-refractivity contribution in [2.45, 2.75) is 24.3 Å². The lowest BCUT2D eigenvalue weighted by atomic mass is 10.2. The Morgan fingerprint density at radius 2 is 1.93 bits per heavy atom. The van der Waals surface area contributed by atoms with E-state index in [9.17, 15) is 13.2 Å². The maximum atomic E-state index is 13.2. The Morgan fingerprint density at radius 3 is 2.71 bits per heavy atom. The standard InChI is InChI=1S/C21H20N2O3S2/c1-15(20-10-5-13-27-20)22-21(24)17-7-4-8-18(14-17)28(25,26)23-12-11-16-6-2-3-9-19(16)23/h2-10,13-15H,11-12H2,1H3,(H,22,24)/t15-/m0/s1. The average molecular weight is 413 g/mol. The second-order valence-electron chi connectivity index (χ2n) is 6.69. The summed E-state index contributed by atoms with van der Waals surface area (Å²) in [4.78, 5) is 13.8. The summed E-state index contributed by atoms with van der Waals surface area (Å²) in [6.45, 7) is 2.32. The first-order valence-electron chi connectivity index (χ1n) is 9.02. The molecule has 0 saturated heterocycles. The van der Waals surface area contributed by atoms with Crippen molar-refractivity contribution in [3.8, 4) is 0 Å². The number of anilines is 1. The molecule has 1 amide bonds. The van der Waals surface area contributed by atoms with Crippen LogP contribution in [0.25, 0.3) is 0 Å². The summed E-state index contributed by atoms with van der Waals surface area (Å²) < 4.78 is 27.8. The quantitative estimate of drug-likeness (QED) is 0.689. The Hall–Kier alpha value is -2.64. The number of amides is 1. The first-order valence-corrected chi connectivity index (χ1v) is 11.3. The van der Waals surface area contributed by atoms with E-state index in [1.165, 1.54) is 16.4 Å². The Balaban J connectivity index is 1.59. The van der Waals surface area contributed by atoms with Crippen LogP contribution in [-0.4, -0.2) is 20.9 Å². The molecule has 0 spiro atoms. The number of sulfonamides is 1. The van der Waals surface area contributed by atoms with Gasteiger partial charge in [0.1, 0.15) is 0 Å². The third kappa shape index (κ3) is 3.43. The highest BCUT2D eigenvalue weighted by Crippen LogP contribution is 2.32. The maximum absolute atomic E-state index is 13.2. The van der Waals surface area contributed by atoms with Crippen LogP contribution in [0.1, 0.15) is 33.8 Å². The largest absolute Gasteiger partial charge is 0.345 e. The summed E-state index contributed by atoms with van der Waals surface area (Å²) in [7, 11) is -3.72. The topological polar surface area (TPSA) is 66.5 Å². The summed E-state index contributed by atoms with van der Waals surface area (Å²) >= 11 is 1.57. The number of benzene rings is 2. The van der Waals surface area contributed by atoms with Crippen LogP contribution >= 0.6 is 11.3 Å². The number of fused-ring (bicyclic) bond motifs is 1. The third-order valence-electron chi connectivity index (χ3n) is 4.85. The lowest BCUT2D eigenvalue weighted by molar-refractivity contribution is 0.0940. The number of thiophene rings is 1. The van der Waals surface area contributed by atoms with Crippen molar-refractivity contribution in [3.05, 3.63) is 82.0 Å². The SMILES string of the molecule is C[C@H](NC(=O)c1cccc(S(=O)(=O)N2CCc3ccccc32)c1)c1cccs1. The van der Waals surface area contributed by atoms with Crippen LogP contribution in [0.15, 0.2) is 70.9 Å². The number of carbonyl (C=O) groups excluding carboxylic acids is 1. The van der Waals surface area contributed by atoms with Crippen LogP contribution in [0.4, 0.5) is 5.69 Å². The van der Waals surface area contributed by atoms with Gasteiger partial charge >= 0.3 is 0 Å². The highest BCUT2D eigenvalue weighted by molar-refractivity contribution is 7.92. The molecule has 5 nitrogen and oxygen atoms in total. The molecule has 7 heteroatoms. The van der Waals surface area contributed by atoms with Crippen molar-refractivity contribution < 1.29 is 13.2 Å². The molecule has 4 rings (SSSR count). The van der Waals surface area contributed by atoms with Gasteiger partial charge in [0.05, 0.1) is 16.6 Å². The van der Waals surface area contributed by atoms with E-state index in [0.717, 1.165) is 10.4 Å². The molecule has 28 heavy (non-hydrogen) atoms. The van der Waals surface area contributed by atoms with Crippen molar-refractivity contribution in [2.75, 3.05) is 10.8 Å². The van der Waals surface area contributed by atoms with Gasteiger partial charge in [-0.2, -0.15) is 0 Å². The Bertz CT molecular complexity index is 1110. The fraction of sp³-hybridized carbons (Fsp3) is 0.190. The Labute approximate surface area is 168 Å². The number of nitrogens with one attached hydrogen (secondary N) is 1. The molecule has 0 bridgehead atoms. The molecule has 1 aliphatic heterocycles. The zero-order valence-corrected chi connectivity index (χ0v) is 17.0. The molecule has 1 aliphatic rings. The smallest absolute Gasteiger partial charge is 0.264 e. The maximum Gasteiger partial charge on any atom is 0.264 e. The number of rotatable bonds is 5. The molecule has 0 fully saturated rings. The minimum Gasteiger partial charge on any atom is -0.345 e. The first-order chi connectivity index (χ1) is 13.5. The highest BCUT2D eigenvalue weighted by atomic mass is 32.2. The van der Waals surface area contributed by atoms with Gasteiger partial charge in [0.2, 0.25) is 0 Å². The normalized spacial score (nSPS) is 14.5. The molecule has 0 aliphatic carbocycles. The van der Waals surface area contributed by atoms with Gasteiger partial charge in [0, 0.05) is 17.0 Å². The van der Waals surface area contributed by atoms with Crippen molar-refractivity contribution in [1.29, 1.82) is 0 Å². The summed E-state index contributed by atoms with van der Waals surface area (Å²) in [5, 5.41) is 4.88. The molecule has 1 N–H and O–H groups in total. The Kier molecular flexibility index (Phi) is 4.95. The van der Waals surface area contributed by atoms with Gasteiger partial charge < -0.3 is 5.32 Å². The predicted octanol–water partition coefficient (Wildman–Crippen LogP) is 3.99. The monoisotopic (exact) mass is 412 g/mol. The van der Waals surface area contributed by atoms with E-state index < -0.39 is 10.0 Å². The number of hydrogen-bond donors (Lipinski definition) is 1. The summed E-state index contributed by atoms with van der Waals surface area (Å²) in [6, 6.07) is 17.5. The van der Waals surface area contributed by atoms with Crippen LogP contribution in [0, 0.1) is 0 Å². The average Bonchev–Trinajstić information content (AvgIpc) is 3.38. The van der Waals surface area contributed by atoms with Gasteiger partial charge in [-0.05, 0) is 54.6 Å². The number of carbonyl (C=O) groups is 1. The minimum absolute atomic E-state index is 0.126. The van der Waals surface area contributed by atoms with Crippen LogP contribution in [0.3, 0.4) is 0 Å². The molecule has 1 atom stereocenters. The van der Waals surface area contributed by atoms with Crippen LogP contribution < -0.4 is 9.62 Å². The third-order valence-corrected chi connectivity index (χ3v) is 7.71. The molecule has 1 aromatic heterocycles. The zero-order chi connectivity index (χ0) is 19.7. The van der Waals surface area contributed by atoms with Gasteiger partial charge in [0.15, 0.2) is 0 Å². The van der Waals surface area contributed by atoms with Crippen molar-refractivity contribution >= 4 is 33.0 Å². The van der Waals surface area contributed by atoms with E-state index in [4.69, 9.17) is 0 Å². The molecular formula is C21H20N2O3S2. The second kappa shape index (κ2) is 7.41. The van der Waals surface area contributed by atoms with Gasteiger partial charge in [-0.1, -0.05) is 30.3 Å². The number of para-hydroxylation sites is 1. The van der Waals surface area contributed by atoms with Gasteiger partial charge in [-0.3, -0.25) is 9.10 Å². The lowest BCUT2D eigenvalue weighted by Gasteiger charge is -2.20. The number of nitrogens with zero attached hydrogens (tertiary/aromatic N) is 1. The van der Waals surface area contributed by atoms with Gasteiger partial charge in [-0.25, -0.2) is 8.42 Å². The van der Waals surface area contributed by atoms with E-state index in [-0.39, 0.29) is 16.8 Å². The second-order valence-corrected chi connectivity index (χ2v) is 9.54. The van der Waals surface area contributed by atoms with Gasteiger partial charge in [-0.15, -0.1) is 11.3 Å². The van der Waals surface area contributed by atoms with Gasteiger partial charge in [0.25, 0.3) is 15.9 Å². The molecule has 2 aromatic carbocycles. The molecule has 144 valence electrons. The van der Waals surface area contributed by atoms with Crippen LogP contribution in [0.5, 0.6) is 0 Å². The van der Waals surface area contributed by atoms with E-state index >= 15 is 0 Å². The van der Waals surface area contributed by atoms with E-state index in [1.54, 1.807) is 23.5 Å². The van der Waals surface area contributed by atoms with Crippen molar-refractivity contribution in [1.82, 2.24) is 5.32 Å². The number of hydrogen-bond acceptors (Lipinski definition) is 4. The molecule has 2 heterocycles. The van der Waals surface area contributed by atoms with Crippen molar-refractivity contribution in [2.24, 2.45) is 0 Å². The fourth-order valence-corrected chi connectivity index (χ4v) is 5.66. The van der Waals surface area contributed by atoms with Crippen LogP contribution in [0.2, 0.25) is 0 Å². The highest BCUT2D eigenvalue weighted by Gasteiger charge is 2.31. The predicted molar refractivity (Wildman–Crippen MR) is 111 cm³/mol.